The Morgan fingerprint density at radius 1 is 0.639 bits per heavy atom. The van der Waals surface area contributed by atoms with Crippen LogP contribution in [0, 0.1) is 0 Å². The molecule has 4 aromatic carbocycles. The molecule has 0 saturated heterocycles. The lowest BCUT2D eigenvalue weighted by Crippen LogP contribution is -2.38. The third-order valence-corrected chi connectivity index (χ3v) is 6.37. The minimum Gasteiger partial charge on any atom is -0.374 e. The van der Waals surface area contributed by atoms with Crippen molar-refractivity contribution in [3.63, 3.8) is 0 Å². The molecule has 0 aliphatic heterocycles. The summed E-state index contributed by atoms with van der Waals surface area (Å²) in [6.07, 6.45) is 0.204. The monoisotopic (exact) mass is 502 g/mol. The molecule has 0 radical (unpaired) electrons. The van der Waals surface area contributed by atoms with Crippen molar-refractivity contribution < 1.29 is 22.1 Å². The standard InChI is InChI=1S/C30H30O5S/c1-36(31,32)35-29(23-33-22-25-14-6-2-7-15-25)24-34-30(26-16-8-3-9-17-26,27-18-10-4-11-19-27)28-20-12-5-13-21-28/h2-21,29H,22-24H2,1H3/t29-/m0/s1. The first-order valence-electron chi connectivity index (χ1n) is 11.8. The lowest BCUT2D eigenvalue weighted by molar-refractivity contribution is -0.0553. The van der Waals surface area contributed by atoms with Gasteiger partial charge in [0.2, 0.25) is 0 Å². The fourth-order valence-electron chi connectivity index (χ4n) is 4.22. The summed E-state index contributed by atoms with van der Waals surface area (Å²) in [7, 11) is -3.74. The van der Waals surface area contributed by atoms with E-state index in [9.17, 15) is 8.42 Å². The fraction of sp³-hybridized carbons (Fsp3) is 0.200. The average molecular weight is 503 g/mol. The van der Waals surface area contributed by atoms with Gasteiger partial charge in [0, 0.05) is 0 Å². The maximum atomic E-state index is 12.1. The molecule has 0 bridgehead atoms. The number of hydrogen-bond donors (Lipinski definition) is 0. The van der Waals surface area contributed by atoms with Crippen LogP contribution in [0.5, 0.6) is 0 Å². The Morgan fingerprint density at radius 2 is 1.06 bits per heavy atom. The summed E-state index contributed by atoms with van der Waals surface area (Å²) in [6, 6.07) is 39.4. The second kappa shape index (κ2) is 12.1. The van der Waals surface area contributed by atoms with E-state index in [4.69, 9.17) is 13.7 Å². The van der Waals surface area contributed by atoms with Gasteiger partial charge in [-0.3, -0.25) is 4.18 Å². The van der Waals surface area contributed by atoms with E-state index >= 15 is 0 Å². The van der Waals surface area contributed by atoms with E-state index in [2.05, 4.69) is 0 Å². The maximum absolute atomic E-state index is 12.1. The summed E-state index contributed by atoms with van der Waals surface area (Å²) in [5.74, 6) is 0. The first kappa shape index (κ1) is 25.8. The highest BCUT2D eigenvalue weighted by Gasteiger charge is 2.38. The van der Waals surface area contributed by atoms with Crippen molar-refractivity contribution in [2.75, 3.05) is 19.5 Å². The topological polar surface area (TPSA) is 61.8 Å². The highest BCUT2D eigenvalue weighted by molar-refractivity contribution is 7.86. The van der Waals surface area contributed by atoms with Crippen LogP contribution in [0.15, 0.2) is 121 Å². The van der Waals surface area contributed by atoms with Crippen molar-refractivity contribution in [3.8, 4) is 0 Å². The van der Waals surface area contributed by atoms with Crippen molar-refractivity contribution >= 4 is 10.1 Å². The lowest BCUT2D eigenvalue weighted by Gasteiger charge is -2.37. The van der Waals surface area contributed by atoms with Gasteiger partial charge in [0.1, 0.15) is 11.7 Å². The summed E-state index contributed by atoms with van der Waals surface area (Å²) in [5, 5.41) is 0. The van der Waals surface area contributed by atoms with Gasteiger partial charge in [-0.15, -0.1) is 0 Å². The van der Waals surface area contributed by atoms with Crippen LogP contribution in [-0.2, 0) is 36.0 Å². The summed E-state index contributed by atoms with van der Waals surface area (Å²) in [5.41, 5.74) is 2.77. The molecule has 36 heavy (non-hydrogen) atoms. The quantitative estimate of drug-likeness (QED) is 0.188. The Hall–Kier alpha value is -3.29. The molecule has 0 aromatic heterocycles. The predicted molar refractivity (Wildman–Crippen MR) is 141 cm³/mol. The molecule has 4 rings (SSSR count). The normalized spacial score (nSPS) is 12.8. The molecule has 0 amide bonds. The van der Waals surface area contributed by atoms with Gasteiger partial charge < -0.3 is 9.47 Å². The minimum atomic E-state index is -3.74. The maximum Gasteiger partial charge on any atom is 0.264 e. The predicted octanol–water partition coefficient (Wildman–Crippen LogP) is 5.56. The Labute approximate surface area is 213 Å². The molecule has 0 aliphatic carbocycles. The van der Waals surface area contributed by atoms with Crippen LogP contribution in [0.4, 0.5) is 0 Å². The number of rotatable bonds is 12. The van der Waals surface area contributed by atoms with Crippen LogP contribution < -0.4 is 0 Å². The van der Waals surface area contributed by atoms with Crippen LogP contribution in [0.1, 0.15) is 22.3 Å². The Bertz CT molecular complexity index is 1200. The number of hydrogen-bond acceptors (Lipinski definition) is 5. The zero-order valence-electron chi connectivity index (χ0n) is 20.2. The van der Waals surface area contributed by atoms with Crippen molar-refractivity contribution in [1.82, 2.24) is 0 Å². The smallest absolute Gasteiger partial charge is 0.264 e. The van der Waals surface area contributed by atoms with E-state index < -0.39 is 21.8 Å². The van der Waals surface area contributed by atoms with E-state index in [0.29, 0.717) is 6.61 Å². The van der Waals surface area contributed by atoms with Crippen LogP contribution in [-0.4, -0.2) is 34.0 Å². The van der Waals surface area contributed by atoms with Crippen LogP contribution in [0.2, 0.25) is 0 Å². The molecule has 0 spiro atoms. The minimum absolute atomic E-state index is 0.0134. The van der Waals surface area contributed by atoms with Gasteiger partial charge in [0.05, 0.1) is 26.1 Å². The molecular formula is C30H30O5S. The van der Waals surface area contributed by atoms with E-state index in [0.717, 1.165) is 28.5 Å². The first-order chi connectivity index (χ1) is 17.5. The highest BCUT2D eigenvalue weighted by Crippen LogP contribution is 2.40. The Kier molecular flexibility index (Phi) is 8.67. The van der Waals surface area contributed by atoms with Gasteiger partial charge >= 0.3 is 0 Å². The molecule has 0 N–H and O–H groups in total. The van der Waals surface area contributed by atoms with E-state index in [-0.39, 0.29) is 13.2 Å². The summed E-state index contributed by atoms with van der Waals surface area (Å²) >= 11 is 0. The third kappa shape index (κ3) is 6.68. The number of benzene rings is 4. The zero-order chi connectivity index (χ0) is 25.3. The van der Waals surface area contributed by atoms with E-state index in [1.54, 1.807) is 0 Å². The zero-order valence-corrected chi connectivity index (χ0v) is 21.0. The van der Waals surface area contributed by atoms with Crippen molar-refractivity contribution in [3.05, 3.63) is 144 Å². The third-order valence-electron chi connectivity index (χ3n) is 5.75. The van der Waals surface area contributed by atoms with Crippen molar-refractivity contribution in [1.29, 1.82) is 0 Å². The van der Waals surface area contributed by atoms with Crippen molar-refractivity contribution in [2.45, 2.75) is 18.3 Å². The van der Waals surface area contributed by atoms with Gasteiger partial charge in [-0.05, 0) is 22.3 Å². The molecule has 0 heterocycles. The van der Waals surface area contributed by atoms with E-state index in [1.807, 2.05) is 121 Å². The Morgan fingerprint density at radius 3 is 1.47 bits per heavy atom. The fourth-order valence-corrected chi connectivity index (χ4v) is 4.83. The van der Waals surface area contributed by atoms with Crippen LogP contribution in [0.3, 0.4) is 0 Å². The van der Waals surface area contributed by atoms with Crippen LogP contribution in [0.25, 0.3) is 0 Å². The second-order valence-electron chi connectivity index (χ2n) is 8.51. The summed E-state index contributed by atoms with van der Waals surface area (Å²) < 4.78 is 42.1. The average Bonchev–Trinajstić information content (AvgIpc) is 2.90. The molecule has 0 saturated carbocycles. The SMILES string of the molecule is CS(=O)(=O)O[C@@H](COCc1ccccc1)COC(c1ccccc1)(c1ccccc1)c1ccccc1. The Balaban J connectivity index is 1.67. The summed E-state index contributed by atoms with van der Waals surface area (Å²) in [6.45, 7) is 0.378. The lowest BCUT2D eigenvalue weighted by atomic mass is 9.80. The number of ether oxygens (including phenoxy) is 2. The molecule has 0 unspecified atom stereocenters. The second-order valence-corrected chi connectivity index (χ2v) is 10.1. The molecule has 6 heteroatoms. The van der Waals surface area contributed by atoms with Gasteiger partial charge in [-0.2, -0.15) is 8.42 Å². The van der Waals surface area contributed by atoms with Gasteiger partial charge in [-0.25, -0.2) is 0 Å². The van der Waals surface area contributed by atoms with E-state index in [1.165, 1.54) is 0 Å². The molecule has 1 atom stereocenters. The molecular weight excluding hydrogens is 472 g/mol. The van der Waals surface area contributed by atoms with Gasteiger partial charge in [0.25, 0.3) is 10.1 Å². The molecule has 4 aromatic rings. The molecule has 0 fully saturated rings. The van der Waals surface area contributed by atoms with Gasteiger partial charge in [-0.1, -0.05) is 121 Å². The molecule has 186 valence electrons. The largest absolute Gasteiger partial charge is 0.374 e. The first-order valence-corrected chi connectivity index (χ1v) is 13.6. The highest BCUT2D eigenvalue weighted by atomic mass is 32.2. The molecule has 5 nitrogen and oxygen atoms in total. The summed E-state index contributed by atoms with van der Waals surface area (Å²) in [4.78, 5) is 0. The van der Waals surface area contributed by atoms with Crippen molar-refractivity contribution in [2.24, 2.45) is 0 Å². The molecule has 0 aliphatic rings. The van der Waals surface area contributed by atoms with Gasteiger partial charge in [0.15, 0.2) is 0 Å². The van der Waals surface area contributed by atoms with Crippen LogP contribution >= 0.6 is 0 Å².